The molecular formula is C15H24N2O2. The average molecular weight is 264 g/mol. The number of para-hydroxylation sites is 1. The molecule has 1 aliphatic rings. The van der Waals surface area contributed by atoms with Gasteiger partial charge in [-0.25, -0.2) is 0 Å². The third kappa shape index (κ3) is 4.82. The van der Waals surface area contributed by atoms with Gasteiger partial charge < -0.3 is 15.2 Å². The van der Waals surface area contributed by atoms with Crippen molar-refractivity contribution in [2.24, 2.45) is 5.73 Å². The maximum Gasteiger partial charge on any atom is 0.119 e. The Morgan fingerprint density at radius 2 is 2.21 bits per heavy atom. The van der Waals surface area contributed by atoms with Crippen molar-refractivity contribution in [3.8, 4) is 5.75 Å². The van der Waals surface area contributed by atoms with E-state index in [0.717, 1.165) is 45.0 Å². The largest absolute Gasteiger partial charge is 0.494 e. The van der Waals surface area contributed by atoms with Gasteiger partial charge in [-0.1, -0.05) is 18.2 Å². The van der Waals surface area contributed by atoms with Crippen molar-refractivity contribution in [2.45, 2.75) is 25.5 Å². The van der Waals surface area contributed by atoms with Crippen molar-refractivity contribution in [3.63, 3.8) is 0 Å². The third-order valence-electron chi connectivity index (χ3n) is 3.39. The molecular weight excluding hydrogens is 240 g/mol. The van der Waals surface area contributed by atoms with Crippen molar-refractivity contribution < 1.29 is 9.47 Å². The lowest BCUT2D eigenvalue weighted by Crippen LogP contribution is -2.49. The molecule has 0 aromatic heterocycles. The van der Waals surface area contributed by atoms with E-state index in [2.05, 4.69) is 4.90 Å². The predicted octanol–water partition coefficient (Wildman–Crippen LogP) is 1.50. The molecule has 1 aliphatic heterocycles. The van der Waals surface area contributed by atoms with E-state index in [1.54, 1.807) is 0 Å². The van der Waals surface area contributed by atoms with Gasteiger partial charge in [-0.3, -0.25) is 4.90 Å². The van der Waals surface area contributed by atoms with Crippen LogP contribution in [-0.4, -0.2) is 49.9 Å². The van der Waals surface area contributed by atoms with Crippen LogP contribution >= 0.6 is 0 Å². The predicted molar refractivity (Wildman–Crippen MR) is 76.4 cm³/mol. The second kappa shape index (κ2) is 7.48. The number of rotatable bonds is 6. The zero-order valence-corrected chi connectivity index (χ0v) is 11.6. The minimum atomic E-state index is 0.100. The van der Waals surface area contributed by atoms with Gasteiger partial charge in [-0.15, -0.1) is 0 Å². The normalized spacial score (nSPS) is 22.1. The number of nitrogens with two attached hydrogens (primary N) is 1. The summed E-state index contributed by atoms with van der Waals surface area (Å²) in [5, 5.41) is 0. The van der Waals surface area contributed by atoms with E-state index in [9.17, 15) is 0 Å². The fourth-order valence-electron chi connectivity index (χ4n) is 2.25. The first kappa shape index (κ1) is 14.3. The van der Waals surface area contributed by atoms with Crippen molar-refractivity contribution >= 4 is 0 Å². The maximum atomic E-state index is 5.88. The van der Waals surface area contributed by atoms with E-state index in [1.165, 1.54) is 0 Å². The van der Waals surface area contributed by atoms with Crippen LogP contribution in [0.15, 0.2) is 30.3 Å². The number of morpholine rings is 1. The molecule has 2 rings (SSSR count). The molecule has 2 N–H and O–H groups in total. The van der Waals surface area contributed by atoms with Gasteiger partial charge in [0.1, 0.15) is 5.75 Å². The summed E-state index contributed by atoms with van der Waals surface area (Å²) in [6, 6.07) is 10.1. The molecule has 2 unspecified atom stereocenters. The Balaban J connectivity index is 1.63. The molecule has 106 valence electrons. The molecule has 1 aromatic carbocycles. The zero-order chi connectivity index (χ0) is 13.5. The highest BCUT2D eigenvalue weighted by Crippen LogP contribution is 2.10. The minimum absolute atomic E-state index is 0.100. The van der Waals surface area contributed by atoms with E-state index in [4.69, 9.17) is 15.2 Å². The van der Waals surface area contributed by atoms with Crippen LogP contribution in [0.2, 0.25) is 0 Å². The molecule has 1 aromatic rings. The van der Waals surface area contributed by atoms with E-state index in [0.29, 0.717) is 0 Å². The first-order valence-electron chi connectivity index (χ1n) is 7.03. The fourth-order valence-corrected chi connectivity index (χ4v) is 2.25. The molecule has 4 heteroatoms. The van der Waals surface area contributed by atoms with Crippen LogP contribution in [0.1, 0.15) is 13.3 Å². The number of ether oxygens (including phenoxy) is 2. The quantitative estimate of drug-likeness (QED) is 0.791. The van der Waals surface area contributed by atoms with Crippen LogP contribution in [0, 0.1) is 0 Å². The summed E-state index contributed by atoms with van der Waals surface area (Å²) in [5.74, 6) is 0.943. The SMILES string of the molecule is CC(N)C1CN(CCCOc2ccccc2)CCO1. The summed E-state index contributed by atoms with van der Waals surface area (Å²) in [4.78, 5) is 2.41. The highest BCUT2D eigenvalue weighted by atomic mass is 16.5. The third-order valence-corrected chi connectivity index (χ3v) is 3.39. The molecule has 2 atom stereocenters. The molecule has 0 spiro atoms. The molecule has 0 radical (unpaired) electrons. The van der Waals surface area contributed by atoms with Gasteiger partial charge in [-0.05, 0) is 25.5 Å². The van der Waals surface area contributed by atoms with Gasteiger partial charge in [0.15, 0.2) is 0 Å². The molecule has 19 heavy (non-hydrogen) atoms. The standard InChI is InChI=1S/C15H24N2O2/c1-13(16)15-12-17(9-11-19-15)8-5-10-18-14-6-3-2-4-7-14/h2-4,6-7,13,15H,5,8-12,16H2,1H3. The smallest absolute Gasteiger partial charge is 0.119 e. The minimum Gasteiger partial charge on any atom is -0.494 e. The number of hydrogen-bond acceptors (Lipinski definition) is 4. The lowest BCUT2D eigenvalue weighted by Gasteiger charge is -2.34. The van der Waals surface area contributed by atoms with Gasteiger partial charge >= 0.3 is 0 Å². The fraction of sp³-hybridized carbons (Fsp3) is 0.600. The van der Waals surface area contributed by atoms with Crippen LogP contribution in [0.4, 0.5) is 0 Å². The molecule has 1 fully saturated rings. The number of benzene rings is 1. The van der Waals surface area contributed by atoms with Crippen LogP contribution in [0.5, 0.6) is 5.75 Å². The Morgan fingerprint density at radius 1 is 1.42 bits per heavy atom. The molecule has 0 bridgehead atoms. The zero-order valence-electron chi connectivity index (χ0n) is 11.6. The summed E-state index contributed by atoms with van der Waals surface area (Å²) in [7, 11) is 0. The molecule has 4 nitrogen and oxygen atoms in total. The molecule has 1 heterocycles. The lowest BCUT2D eigenvalue weighted by atomic mass is 10.1. The Bertz CT molecular complexity index is 356. The Morgan fingerprint density at radius 3 is 2.95 bits per heavy atom. The van der Waals surface area contributed by atoms with Crippen LogP contribution in [-0.2, 0) is 4.74 Å². The maximum absolute atomic E-state index is 5.88. The van der Waals surface area contributed by atoms with Crippen molar-refractivity contribution in [3.05, 3.63) is 30.3 Å². The highest BCUT2D eigenvalue weighted by Gasteiger charge is 2.22. The number of nitrogens with zero attached hydrogens (tertiary/aromatic N) is 1. The second-order valence-electron chi connectivity index (χ2n) is 5.08. The topological polar surface area (TPSA) is 47.7 Å². The van der Waals surface area contributed by atoms with Crippen LogP contribution in [0.3, 0.4) is 0 Å². The average Bonchev–Trinajstić information content (AvgIpc) is 2.45. The first-order valence-corrected chi connectivity index (χ1v) is 7.03. The summed E-state index contributed by atoms with van der Waals surface area (Å²) in [5.41, 5.74) is 5.88. The molecule has 0 aliphatic carbocycles. The van der Waals surface area contributed by atoms with Gasteiger partial charge in [0.25, 0.3) is 0 Å². The van der Waals surface area contributed by atoms with Crippen LogP contribution in [0.25, 0.3) is 0 Å². The second-order valence-corrected chi connectivity index (χ2v) is 5.08. The Kier molecular flexibility index (Phi) is 5.63. The van der Waals surface area contributed by atoms with Crippen molar-refractivity contribution in [1.82, 2.24) is 4.90 Å². The summed E-state index contributed by atoms with van der Waals surface area (Å²) >= 11 is 0. The highest BCUT2D eigenvalue weighted by molar-refractivity contribution is 5.20. The van der Waals surface area contributed by atoms with Gasteiger partial charge in [0.2, 0.25) is 0 Å². The molecule has 0 saturated carbocycles. The van der Waals surface area contributed by atoms with Crippen LogP contribution < -0.4 is 10.5 Å². The van der Waals surface area contributed by atoms with E-state index in [1.807, 2.05) is 37.3 Å². The van der Waals surface area contributed by atoms with Crippen molar-refractivity contribution in [2.75, 3.05) is 32.8 Å². The van der Waals surface area contributed by atoms with E-state index >= 15 is 0 Å². The molecule has 1 saturated heterocycles. The van der Waals surface area contributed by atoms with E-state index in [-0.39, 0.29) is 12.1 Å². The molecule has 0 amide bonds. The Hall–Kier alpha value is -1.10. The summed E-state index contributed by atoms with van der Waals surface area (Å²) < 4.78 is 11.3. The lowest BCUT2D eigenvalue weighted by molar-refractivity contribution is -0.0385. The summed E-state index contributed by atoms with van der Waals surface area (Å²) in [6.45, 7) is 6.51. The number of hydrogen-bond donors (Lipinski definition) is 1. The summed E-state index contributed by atoms with van der Waals surface area (Å²) in [6.07, 6.45) is 1.20. The van der Waals surface area contributed by atoms with Gasteiger partial charge in [0.05, 0.1) is 19.3 Å². The van der Waals surface area contributed by atoms with Gasteiger partial charge in [-0.2, -0.15) is 0 Å². The first-order chi connectivity index (χ1) is 9.25. The monoisotopic (exact) mass is 264 g/mol. The van der Waals surface area contributed by atoms with Crippen molar-refractivity contribution in [1.29, 1.82) is 0 Å². The van der Waals surface area contributed by atoms with Gasteiger partial charge in [0, 0.05) is 25.7 Å². The van der Waals surface area contributed by atoms with E-state index < -0.39 is 0 Å². The Labute approximate surface area is 115 Å².